The molecular weight excluding hydrogens is 322 g/mol. The summed E-state index contributed by atoms with van der Waals surface area (Å²) in [5, 5.41) is 9.07. The molecule has 1 N–H and O–H groups in total. The predicted molar refractivity (Wildman–Crippen MR) is 70.5 cm³/mol. The average molecular weight is 334 g/mol. The summed E-state index contributed by atoms with van der Waals surface area (Å²) in [6.07, 6.45) is 2.12. The van der Waals surface area contributed by atoms with Crippen LogP contribution in [0, 0.1) is 0 Å². The van der Waals surface area contributed by atoms with Crippen molar-refractivity contribution < 1.29 is 19.1 Å². The van der Waals surface area contributed by atoms with Gasteiger partial charge in [-0.3, -0.25) is 4.79 Å². The number of carboxylic acids is 1. The van der Waals surface area contributed by atoms with E-state index in [0.717, 1.165) is 6.42 Å². The van der Waals surface area contributed by atoms with Crippen LogP contribution in [0.1, 0.15) is 23.7 Å². The van der Waals surface area contributed by atoms with E-state index in [2.05, 4.69) is 15.9 Å². The average Bonchev–Trinajstić information content (AvgIpc) is 2.93. The van der Waals surface area contributed by atoms with Crippen molar-refractivity contribution >= 4 is 39.6 Å². The van der Waals surface area contributed by atoms with Gasteiger partial charge in [-0.05, 0) is 28.4 Å². The minimum Gasteiger partial charge on any atom is -0.480 e. The second kappa shape index (κ2) is 5.36. The summed E-state index contributed by atoms with van der Waals surface area (Å²) < 4.78 is 5.36. The van der Waals surface area contributed by atoms with E-state index < -0.39 is 12.0 Å². The first-order chi connectivity index (χ1) is 8.56. The molecule has 0 bridgehead atoms. The number of hydrogen-bond acceptors (Lipinski definition) is 4. The number of rotatable bonds is 3. The van der Waals surface area contributed by atoms with Crippen LogP contribution in [0.15, 0.2) is 21.4 Å². The van der Waals surface area contributed by atoms with Crippen LogP contribution in [0.4, 0.5) is 0 Å². The maximum absolute atomic E-state index is 12.4. The molecular formula is C11H12BrNO4S. The molecule has 1 aromatic rings. The maximum atomic E-state index is 12.4. The molecule has 0 radical (unpaired) electrons. The fraction of sp³-hybridized carbons (Fsp3) is 0.455. The number of carbonyl (C=O) groups is 2. The van der Waals surface area contributed by atoms with Crippen molar-refractivity contribution in [1.82, 2.24) is 4.90 Å². The molecule has 7 heteroatoms. The Bertz CT molecular complexity index is 475. The molecule has 0 aromatic carbocycles. The number of carbonyl (C=O) groups excluding carboxylic acids is 1. The Morgan fingerprint density at radius 1 is 1.67 bits per heavy atom. The van der Waals surface area contributed by atoms with Gasteiger partial charge in [-0.15, -0.1) is 11.8 Å². The van der Waals surface area contributed by atoms with Crippen LogP contribution in [0.3, 0.4) is 0 Å². The Morgan fingerprint density at radius 3 is 2.89 bits per heavy atom. The maximum Gasteiger partial charge on any atom is 0.327 e. The summed E-state index contributed by atoms with van der Waals surface area (Å²) >= 11 is 4.64. The van der Waals surface area contributed by atoms with Gasteiger partial charge in [0.15, 0.2) is 4.67 Å². The smallest absolute Gasteiger partial charge is 0.327 e. The number of aliphatic carboxylic acids is 1. The van der Waals surface area contributed by atoms with E-state index in [0.29, 0.717) is 16.0 Å². The molecule has 18 heavy (non-hydrogen) atoms. The largest absolute Gasteiger partial charge is 0.480 e. The van der Waals surface area contributed by atoms with Gasteiger partial charge in [0.25, 0.3) is 5.91 Å². The molecule has 0 aliphatic carbocycles. The third kappa shape index (κ3) is 2.29. The number of halogens is 1. The Balaban J connectivity index is 2.30. The van der Waals surface area contributed by atoms with Crippen LogP contribution in [0.2, 0.25) is 0 Å². The van der Waals surface area contributed by atoms with Crippen molar-refractivity contribution in [2.24, 2.45) is 0 Å². The fourth-order valence-electron chi connectivity index (χ4n) is 1.93. The number of amides is 1. The van der Waals surface area contributed by atoms with Gasteiger partial charge < -0.3 is 14.4 Å². The summed E-state index contributed by atoms with van der Waals surface area (Å²) in [5.74, 6) is -0.846. The van der Waals surface area contributed by atoms with Crippen molar-refractivity contribution in [3.05, 3.63) is 22.6 Å². The standard InChI is InChI=1S/C11H12BrNO4S/c1-2-8-13(7(5-18-8)11(15)16)10(14)6-3-4-17-9(6)12/h3-4,7-8H,2,5H2,1H3,(H,15,16). The quantitative estimate of drug-likeness (QED) is 0.919. The zero-order valence-electron chi connectivity index (χ0n) is 9.63. The highest BCUT2D eigenvalue weighted by Crippen LogP contribution is 2.34. The van der Waals surface area contributed by atoms with Crippen LogP contribution in [0.25, 0.3) is 0 Å². The molecule has 1 saturated heterocycles. The highest BCUT2D eigenvalue weighted by atomic mass is 79.9. The van der Waals surface area contributed by atoms with Gasteiger partial charge in [-0.25, -0.2) is 4.79 Å². The molecule has 2 unspecified atom stereocenters. The lowest BCUT2D eigenvalue weighted by Crippen LogP contribution is -2.45. The summed E-state index contributed by atoms with van der Waals surface area (Å²) in [6, 6.07) is 0.773. The Hall–Kier alpha value is -0.950. The highest BCUT2D eigenvalue weighted by Gasteiger charge is 2.41. The Kier molecular flexibility index (Phi) is 4.01. The minimum absolute atomic E-state index is 0.0969. The zero-order valence-corrected chi connectivity index (χ0v) is 12.0. The van der Waals surface area contributed by atoms with Crippen LogP contribution >= 0.6 is 27.7 Å². The van der Waals surface area contributed by atoms with E-state index in [-0.39, 0.29) is 11.3 Å². The van der Waals surface area contributed by atoms with Crippen LogP contribution in [-0.2, 0) is 4.79 Å². The molecule has 2 rings (SSSR count). The lowest BCUT2D eigenvalue weighted by molar-refractivity contribution is -0.141. The Labute approximate surface area is 117 Å². The molecule has 1 amide bonds. The first-order valence-corrected chi connectivity index (χ1v) is 7.30. The van der Waals surface area contributed by atoms with Gasteiger partial charge in [-0.2, -0.15) is 0 Å². The van der Waals surface area contributed by atoms with Gasteiger partial charge in [0.1, 0.15) is 6.04 Å². The first-order valence-electron chi connectivity index (χ1n) is 5.46. The van der Waals surface area contributed by atoms with Crippen molar-refractivity contribution in [2.75, 3.05) is 5.75 Å². The molecule has 0 saturated carbocycles. The predicted octanol–water partition coefficient (Wildman–Crippen LogP) is 2.42. The fourth-order valence-corrected chi connectivity index (χ4v) is 3.68. The second-order valence-electron chi connectivity index (χ2n) is 3.87. The molecule has 1 aliphatic rings. The van der Waals surface area contributed by atoms with Crippen molar-refractivity contribution in [3.8, 4) is 0 Å². The van der Waals surface area contributed by atoms with Crippen molar-refractivity contribution in [2.45, 2.75) is 24.8 Å². The molecule has 0 spiro atoms. The third-order valence-electron chi connectivity index (χ3n) is 2.81. The van der Waals surface area contributed by atoms with Crippen molar-refractivity contribution in [3.63, 3.8) is 0 Å². The van der Waals surface area contributed by atoms with Gasteiger partial charge in [0, 0.05) is 5.75 Å². The lowest BCUT2D eigenvalue weighted by atomic mass is 10.2. The number of furan rings is 1. The third-order valence-corrected chi connectivity index (χ3v) is 4.88. The summed E-state index contributed by atoms with van der Waals surface area (Å²) in [4.78, 5) is 25.0. The van der Waals surface area contributed by atoms with Crippen LogP contribution in [-0.4, -0.2) is 39.1 Å². The van der Waals surface area contributed by atoms with Crippen LogP contribution in [0.5, 0.6) is 0 Å². The SMILES string of the molecule is CCC1SCC(C(=O)O)N1C(=O)c1ccoc1Br. The molecule has 1 aromatic heterocycles. The van der Waals surface area contributed by atoms with E-state index in [1.54, 1.807) is 6.07 Å². The monoisotopic (exact) mass is 333 g/mol. The number of nitrogens with zero attached hydrogens (tertiary/aromatic N) is 1. The van der Waals surface area contributed by atoms with E-state index in [4.69, 9.17) is 4.42 Å². The highest BCUT2D eigenvalue weighted by molar-refractivity contribution is 9.10. The van der Waals surface area contributed by atoms with E-state index >= 15 is 0 Å². The molecule has 2 heterocycles. The molecule has 5 nitrogen and oxygen atoms in total. The number of hydrogen-bond donors (Lipinski definition) is 1. The number of thioether (sulfide) groups is 1. The topological polar surface area (TPSA) is 70.8 Å². The minimum atomic E-state index is -0.966. The van der Waals surface area contributed by atoms with E-state index in [9.17, 15) is 14.7 Å². The van der Waals surface area contributed by atoms with E-state index in [1.807, 2.05) is 6.92 Å². The zero-order chi connectivity index (χ0) is 13.3. The molecule has 2 atom stereocenters. The lowest BCUT2D eigenvalue weighted by Gasteiger charge is -2.26. The number of carboxylic acid groups (broad SMARTS) is 1. The Morgan fingerprint density at radius 2 is 2.39 bits per heavy atom. The molecule has 1 aliphatic heterocycles. The first kappa shape index (κ1) is 13.5. The molecule has 1 fully saturated rings. The van der Waals surface area contributed by atoms with Gasteiger partial charge in [0.2, 0.25) is 0 Å². The summed E-state index contributed by atoms with van der Waals surface area (Å²) in [6.45, 7) is 1.94. The summed E-state index contributed by atoms with van der Waals surface area (Å²) in [7, 11) is 0. The second-order valence-corrected chi connectivity index (χ2v) is 5.80. The van der Waals surface area contributed by atoms with Gasteiger partial charge in [0.05, 0.1) is 17.2 Å². The van der Waals surface area contributed by atoms with Crippen molar-refractivity contribution in [1.29, 1.82) is 0 Å². The normalized spacial score (nSPS) is 23.3. The molecule has 98 valence electrons. The van der Waals surface area contributed by atoms with Crippen LogP contribution < -0.4 is 0 Å². The van der Waals surface area contributed by atoms with Gasteiger partial charge in [-0.1, -0.05) is 6.92 Å². The summed E-state index contributed by atoms with van der Waals surface area (Å²) in [5.41, 5.74) is 0.363. The van der Waals surface area contributed by atoms with Gasteiger partial charge >= 0.3 is 5.97 Å². The van der Waals surface area contributed by atoms with E-state index in [1.165, 1.54) is 22.9 Å².